The highest BCUT2D eigenvalue weighted by molar-refractivity contribution is 5.76. The zero-order valence-corrected chi connectivity index (χ0v) is 11.3. The average Bonchev–Trinajstić information content (AvgIpc) is 2.78. The standard InChI is InChI=1S/C15H21FN2O/c1-18(10-11-5-7-13(16)8-6-11)15(19)9-12-3-2-4-14(12)17/h5-8,12,14H,2-4,9-10,17H2,1H3/t12-,14+/m0/s1. The molecule has 0 bridgehead atoms. The van der Waals surface area contributed by atoms with Crippen LogP contribution in [0.3, 0.4) is 0 Å². The molecule has 0 saturated heterocycles. The highest BCUT2D eigenvalue weighted by Crippen LogP contribution is 2.27. The largest absolute Gasteiger partial charge is 0.341 e. The van der Waals surface area contributed by atoms with Crippen molar-refractivity contribution in [3.8, 4) is 0 Å². The molecule has 0 unspecified atom stereocenters. The molecule has 0 spiro atoms. The fourth-order valence-electron chi connectivity index (χ4n) is 2.65. The van der Waals surface area contributed by atoms with Gasteiger partial charge in [0.25, 0.3) is 0 Å². The third-order valence-electron chi connectivity index (χ3n) is 3.91. The van der Waals surface area contributed by atoms with Crippen LogP contribution >= 0.6 is 0 Å². The first kappa shape index (κ1) is 14.0. The maximum Gasteiger partial charge on any atom is 0.222 e. The van der Waals surface area contributed by atoms with E-state index in [9.17, 15) is 9.18 Å². The molecule has 104 valence electrons. The fourth-order valence-corrected chi connectivity index (χ4v) is 2.65. The first-order valence-corrected chi connectivity index (χ1v) is 6.80. The Morgan fingerprint density at radius 1 is 1.37 bits per heavy atom. The summed E-state index contributed by atoms with van der Waals surface area (Å²) in [6.45, 7) is 0.515. The van der Waals surface area contributed by atoms with Crippen molar-refractivity contribution in [1.29, 1.82) is 0 Å². The Morgan fingerprint density at radius 2 is 2.05 bits per heavy atom. The van der Waals surface area contributed by atoms with Crippen molar-refractivity contribution in [2.75, 3.05) is 7.05 Å². The Labute approximate surface area is 113 Å². The van der Waals surface area contributed by atoms with Gasteiger partial charge in [-0.2, -0.15) is 0 Å². The molecule has 1 aromatic carbocycles. The summed E-state index contributed by atoms with van der Waals surface area (Å²) >= 11 is 0. The smallest absolute Gasteiger partial charge is 0.222 e. The van der Waals surface area contributed by atoms with Crippen LogP contribution in [-0.4, -0.2) is 23.9 Å². The quantitative estimate of drug-likeness (QED) is 0.907. The van der Waals surface area contributed by atoms with Crippen LogP contribution in [0.5, 0.6) is 0 Å². The van der Waals surface area contributed by atoms with E-state index in [0.29, 0.717) is 18.9 Å². The van der Waals surface area contributed by atoms with E-state index in [1.54, 1.807) is 24.1 Å². The van der Waals surface area contributed by atoms with Crippen molar-refractivity contribution >= 4 is 5.91 Å². The molecule has 2 rings (SSSR count). The zero-order chi connectivity index (χ0) is 13.8. The summed E-state index contributed by atoms with van der Waals surface area (Å²) in [7, 11) is 1.78. The van der Waals surface area contributed by atoms with Gasteiger partial charge in [0.15, 0.2) is 0 Å². The number of nitrogens with zero attached hydrogens (tertiary/aromatic N) is 1. The summed E-state index contributed by atoms with van der Waals surface area (Å²) in [5, 5.41) is 0. The number of amides is 1. The van der Waals surface area contributed by atoms with Gasteiger partial charge in [0.1, 0.15) is 5.82 Å². The monoisotopic (exact) mass is 264 g/mol. The molecule has 0 aliphatic heterocycles. The molecule has 19 heavy (non-hydrogen) atoms. The van der Waals surface area contributed by atoms with Crippen LogP contribution in [0.4, 0.5) is 4.39 Å². The van der Waals surface area contributed by atoms with Crippen LogP contribution in [0, 0.1) is 11.7 Å². The van der Waals surface area contributed by atoms with Gasteiger partial charge in [0, 0.05) is 26.1 Å². The number of nitrogens with two attached hydrogens (primary N) is 1. The summed E-state index contributed by atoms with van der Waals surface area (Å²) in [6.07, 6.45) is 3.73. The molecule has 2 N–H and O–H groups in total. The number of carbonyl (C=O) groups is 1. The van der Waals surface area contributed by atoms with Crippen molar-refractivity contribution in [1.82, 2.24) is 4.90 Å². The van der Waals surface area contributed by atoms with Gasteiger partial charge in [-0.15, -0.1) is 0 Å². The van der Waals surface area contributed by atoms with Gasteiger partial charge in [-0.05, 0) is 36.5 Å². The number of benzene rings is 1. The van der Waals surface area contributed by atoms with E-state index in [1.165, 1.54) is 12.1 Å². The molecule has 4 heteroatoms. The van der Waals surface area contributed by atoms with E-state index in [0.717, 1.165) is 24.8 Å². The van der Waals surface area contributed by atoms with E-state index < -0.39 is 0 Å². The molecule has 1 amide bonds. The summed E-state index contributed by atoms with van der Waals surface area (Å²) in [5.74, 6) is 0.185. The Balaban J connectivity index is 1.86. The Morgan fingerprint density at radius 3 is 2.63 bits per heavy atom. The normalized spacial score (nSPS) is 22.5. The third kappa shape index (κ3) is 3.77. The van der Waals surface area contributed by atoms with Crippen LogP contribution in [0.25, 0.3) is 0 Å². The van der Waals surface area contributed by atoms with Crippen LogP contribution < -0.4 is 5.73 Å². The van der Waals surface area contributed by atoms with E-state index in [2.05, 4.69) is 0 Å². The first-order valence-electron chi connectivity index (χ1n) is 6.80. The predicted molar refractivity (Wildman–Crippen MR) is 72.8 cm³/mol. The van der Waals surface area contributed by atoms with Crippen molar-refractivity contribution in [3.63, 3.8) is 0 Å². The molecule has 1 aromatic rings. The van der Waals surface area contributed by atoms with E-state index in [4.69, 9.17) is 5.73 Å². The van der Waals surface area contributed by atoms with Gasteiger partial charge in [-0.25, -0.2) is 4.39 Å². The van der Waals surface area contributed by atoms with E-state index >= 15 is 0 Å². The topological polar surface area (TPSA) is 46.3 Å². The van der Waals surface area contributed by atoms with E-state index in [1.807, 2.05) is 0 Å². The molecule has 1 aliphatic rings. The van der Waals surface area contributed by atoms with E-state index in [-0.39, 0.29) is 17.8 Å². The maximum atomic E-state index is 12.8. The van der Waals surface area contributed by atoms with Gasteiger partial charge in [0.05, 0.1) is 0 Å². The zero-order valence-electron chi connectivity index (χ0n) is 11.3. The van der Waals surface area contributed by atoms with Crippen molar-refractivity contribution in [2.24, 2.45) is 11.7 Å². The Bertz CT molecular complexity index is 432. The fraction of sp³-hybridized carbons (Fsp3) is 0.533. The second-order valence-electron chi connectivity index (χ2n) is 5.44. The van der Waals surface area contributed by atoms with Gasteiger partial charge < -0.3 is 10.6 Å². The lowest BCUT2D eigenvalue weighted by Crippen LogP contribution is -2.32. The third-order valence-corrected chi connectivity index (χ3v) is 3.91. The molecule has 0 heterocycles. The lowest BCUT2D eigenvalue weighted by Gasteiger charge is -2.21. The molecule has 2 atom stereocenters. The Kier molecular flexibility index (Phi) is 4.53. The molecule has 1 saturated carbocycles. The van der Waals surface area contributed by atoms with Crippen LogP contribution in [0.15, 0.2) is 24.3 Å². The van der Waals surface area contributed by atoms with Gasteiger partial charge in [-0.1, -0.05) is 18.6 Å². The molecular weight excluding hydrogens is 243 g/mol. The first-order chi connectivity index (χ1) is 9.06. The SMILES string of the molecule is CN(Cc1ccc(F)cc1)C(=O)C[C@@H]1CCC[C@H]1N. The Hall–Kier alpha value is -1.42. The minimum Gasteiger partial charge on any atom is -0.341 e. The van der Waals surface area contributed by atoms with Crippen LogP contribution in [0.2, 0.25) is 0 Å². The van der Waals surface area contributed by atoms with Gasteiger partial charge in [-0.3, -0.25) is 4.79 Å². The molecular formula is C15H21FN2O. The van der Waals surface area contributed by atoms with Gasteiger partial charge >= 0.3 is 0 Å². The van der Waals surface area contributed by atoms with Crippen LogP contribution in [0.1, 0.15) is 31.2 Å². The minimum absolute atomic E-state index is 0.117. The predicted octanol–water partition coefficient (Wildman–Crippen LogP) is 2.30. The lowest BCUT2D eigenvalue weighted by atomic mass is 9.99. The lowest BCUT2D eigenvalue weighted by molar-refractivity contribution is -0.131. The van der Waals surface area contributed by atoms with Crippen molar-refractivity contribution < 1.29 is 9.18 Å². The number of halogens is 1. The summed E-state index contributed by atoms with van der Waals surface area (Å²) in [4.78, 5) is 13.8. The van der Waals surface area contributed by atoms with Gasteiger partial charge in [0.2, 0.25) is 5.91 Å². The van der Waals surface area contributed by atoms with Crippen molar-refractivity contribution in [2.45, 2.75) is 38.3 Å². The second kappa shape index (κ2) is 6.15. The van der Waals surface area contributed by atoms with Crippen molar-refractivity contribution in [3.05, 3.63) is 35.6 Å². The number of hydrogen-bond donors (Lipinski definition) is 1. The maximum absolute atomic E-state index is 12.8. The molecule has 3 nitrogen and oxygen atoms in total. The van der Waals surface area contributed by atoms with Crippen LogP contribution in [-0.2, 0) is 11.3 Å². The second-order valence-corrected chi connectivity index (χ2v) is 5.44. The summed E-state index contributed by atoms with van der Waals surface area (Å²) in [5.41, 5.74) is 6.92. The molecule has 1 aliphatic carbocycles. The highest BCUT2D eigenvalue weighted by Gasteiger charge is 2.27. The number of rotatable bonds is 4. The number of hydrogen-bond acceptors (Lipinski definition) is 2. The minimum atomic E-state index is -0.255. The number of carbonyl (C=O) groups excluding carboxylic acids is 1. The summed E-state index contributed by atoms with van der Waals surface area (Å²) in [6, 6.07) is 6.42. The summed E-state index contributed by atoms with van der Waals surface area (Å²) < 4.78 is 12.8. The average molecular weight is 264 g/mol. The molecule has 0 radical (unpaired) electrons. The highest BCUT2D eigenvalue weighted by atomic mass is 19.1. The molecule has 0 aromatic heterocycles. The molecule has 1 fully saturated rings.